The Kier molecular flexibility index (Phi) is 1.69. The highest BCUT2D eigenvalue weighted by Crippen LogP contribution is 2.44. The molecule has 0 aromatic rings. The van der Waals surface area contributed by atoms with E-state index in [0.717, 1.165) is 19.0 Å². The molecule has 1 spiro atoms. The van der Waals surface area contributed by atoms with Gasteiger partial charge in [-0.2, -0.15) is 0 Å². The second kappa shape index (κ2) is 2.46. The van der Waals surface area contributed by atoms with Gasteiger partial charge in [0.05, 0.1) is 0 Å². The fourth-order valence-electron chi connectivity index (χ4n) is 2.51. The van der Waals surface area contributed by atoms with Crippen LogP contribution < -0.4 is 5.84 Å². The topological polar surface area (TPSA) is 29.3 Å². The zero-order valence-corrected chi connectivity index (χ0v) is 7.34. The third-order valence-corrected chi connectivity index (χ3v) is 3.41. The first-order chi connectivity index (χ1) is 5.20. The van der Waals surface area contributed by atoms with Gasteiger partial charge >= 0.3 is 0 Å². The van der Waals surface area contributed by atoms with Crippen molar-refractivity contribution in [1.82, 2.24) is 5.01 Å². The molecule has 64 valence electrons. The van der Waals surface area contributed by atoms with Gasteiger partial charge in [0.2, 0.25) is 0 Å². The van der Waals surface area contributed by atoms with Crippen LogP contribution in [0.15, 0.2) is 0 Å². The Hall–Kier alpha value is -0.0800. The summed E-state index contributed by atoms with van der Waals surface area (Å²) in [6.45, 7) is 4.67. The summed E-state index contributed by atoms with van der Waals surface area (Å²) in [5.41, 5.74) is 0.654. The number of hydrogen-bond donors (Lipinski definition) is 1. The first-order valence-corrected chi connectivity index (χ1v) is 4.70. The Labute approximate surface area is 68.7 Å². The second-order valence-electron chi connectivity index (χ2n) is 4.59. The molecule has 1 saturated carbocycles. The third-order valence-electron chi connectivity index (χ3n) is 3.41. The number of nitrogens with two attached hydrogens (primary N) is 1. The van der Waals surface area contributed by atoms with E-state index >= 15 is 0 Å². The minimum Gasteiger partial charge on any atom is -0.269 e. The monoisotopic (exact) mass is 154 g/mol. The minimum atomic E-state index is 0.654. The van der Waals surface area contributed by atoms with Gasteiger partial charge in [-0.1, -0.05) is 19.8 Å². The van der Waals surface area contributed by atoms with E-state index in [1.807, 2.05) is 5.01 Å². The Morgan fingerprint density at radius 1 is 1.27 bits per heavy atom. The number of rotatable bonds is 0. The SMILES string of the molecule is CC1CCC2(CC1)CN(N)C2. The molecule has 2 rings (SSSR count). The summed E-state index contributed by atoms with van der Waals surface area (Å²) in [5.74, 6) is 6.62. The maximum absolute atomic E-state index is 5.65. The van der Waals surface area contributed by atoms with Crippen molar-refractivity contribution < 1.29 is 0 Å². The normalized spacial score (nSPS) is 32.2. The molecule has 2 aliphatic rings. The van der Waals surface area contributed by atoms with Gasteiger partial charge in [0.1, 0.15) is 0 Å². The standard InChI is InChI=1S/C9H18N2/c1-8-2-4-9(5-3-8)6-11(10)7-9/h8H,2-7,10H2,1H3. The lowest BCUT2D eigenvalue weighted by molar-refractivity contribution is -0.0370. The quantitative estimate of drug-likeness (QED) is 0.534. The van der Waals surface area contributed by atoms with Gasteiger partial charge in [-0.25, -0.2) is 5.01 Å². The van der Waals surface area contributed by atoms with Crippen LogP contribution >= 0.6 is 0 Å². The molecule has 2 fully saturated rings. The highest BCUT2D eigenvalue weighted by atomic mass is 15.4. The van der Waals surface area contributed by atoms with Crippen LogP contribution in [-0.4, -0.2) is 18.1 Å². The average molecular weight is 154 g/mol. The van der Waals surface area contributed by atoms with Crippen molar-refractivity contribution >= 4 is 0 Å². The van der Waals surface area contributed by atoms with Gasteiger partial charge in [0.25, 0.3) is 0 Å². The maximum atomic E-state index is 5.65. The molecule has 0 aromatic carbocycles. The first-order valence-electron chi connectivity index (χ1n) is 4.70. The lowest BCUT2D eigenvalue weighted by Gasteiger charge is -2.51. The second-order valence-corrected chi connectivity index (χ2v) is 4.59. The third kappa shape index (κ3) is 1.30. The molecule has 11 heavy (non-hydrogen) atoms. The van der Waals surface area contributed by atoms with Crippen LogP contribution in [0.3, 0.4) is 0 Å². The molecule has 0 amide bonds. The van der Waals surface area contributed by atoms with Crippen LogP contribution in [0.2, 0.25) is 0 Å². The summed E-state index contributed by atoms with van der Waals surface area (Å²) in [4.78, 5) is 0. The van der Waals surface area contributed by atoms with Crippen molar-refractivity contribution in [3.8, 4) is 0 Å². The van der Waals surface area contributed by atoms with Crippen LogP contribution in [0, 0.1) is 11.3 Å². The van der Waals surface area contributed by atoms with Gasteiger partial charge in [-0.3, -0.25) is 5.84 Å². The molecular weight excluding hydrogens is 136 g/mol. The first kappa shape index (κ1) is 7.56. The zero-order chi connectivity index (χ0) is 7.90. The van der Waals surface area contributed by atoms with Crippen molar-refractivity contribution in [2.24, 2.45) is 17.2 Å². The van der Waals surface area contributed by atoms with Crippen LogP contribution in [-0.2, 0) is 0 Å². The lowest BCUT2D eigenvalue weighted by atomic mass is 9.67. The van der Waals surface area contributed by atoms with Gasteiger partial charge in [-0.05, 0) is 24.2 Å². The Bertz CT molecular complexity index is 140. The summed E-state index contributed by atoms with van der Waals surface area (Å²) in [6.07, 6.45) is 5.69. The van der Waals surface area contributed by atoms with Gasteiger partial charge in [0, 0.05) is 13.1 Å². The molecule has 0 atom stereocenters. The van der Waals surface area contributed by atoms with Crippen molar-refractivity contribution in [3.05, 3.63) is 0 Å². The van der Waals surface area contributed by atoms with E-state index < -0.39 is 0 Å². The Morgan fingerprint density at radius 3 is 2.27 bits per heavy atom. The summed E-state index contributed by atoms with van der Waals surface area (Å²) in [5, 5.41) is 1.95. The van der Waals surface area contributed by atoms with Gasteiger partial charge in [0.15, 0.2) is 0 Å². The molecule has 0 bridgehead atoms. The van der Waals surface area contributed by atoms with E-state index in [9.17, 15) is 0 Å². The van der Waals surface area contributed by atoms with Gasteiger partial charge < -0.3 is 0 Å². The number of nitrogens with zero attached hydrogens (tertiary/aromatic N) is 1. The molecule has 1 aliphatic carbocycles. The summed E-state index contributed by atoms with van der Waals surface area (Å²) in [6, 6.07) is 0. The molecule has 0 aromatic heterocycles. The highest BCUT2D eigenvalue weighted by Gasteiger charge is 2.43. The molecule has 2 N–H and O–H groups in total. The predicted molar refractivity (Wildman–Crippen MR) is 45.8 cm³/mol. The molecule has 2 nitrogen and oxygen atoms in total. The molecular formula is C9H18N2. The average Bonchev–Trinajstić information content (AvgIpc) is 1.92. The van der Waals surface area contributed by atoms with E-state index in [0.29, 0.717) is 5.41 Å². The lowest BCUT2D eigenvalue weighted by Crippen LogP contribution is -2.60. The summed E-state index contributed by atoms with van der Waals surface area (Å²) >= 11 is 0. The molecule has 0 unspecified atom stereocenters. The van der Waals surface area contributed by atoms with Gasteiger partial charge in [-0.15, -0.1) is 0 Å². The molecule has 0 radical (unpaired) electrons. The fourth-order valence-corrected chi connectivity index (χ4v) is 2.51. The molecule has 1 saturated heterocycles. The summed E-state index contributed by atoms with van der Waals surface area (Å²) in [7, 11) is 0. The van der Waals surface area contributed by atoms with E-state index in [-0.39, 0.29) is 0 Å². The predicted octanol–water partition coefficient (Wildman–Crippen LogP) is 1.37. The van der Waals surface area contributed by atoms with Crippen LogP contribution in [0.1, 0.15) is 32.6 Å². The van der Waals surface area contributed by atoms with Crippen LogP contribution in [0.25, 0.3) is 0 Å². The largest absolute Gasteiger partial charge is 0.269 e. The summed E-state index contributed by atoms with van der Waals surface area (Å²) < 4.78 is 0. The van der Waals surface area contributed by atoms with Crippen molar-refractivity contribution in [1.29, 1.82) is 0 Å². The maximum Gasteiger partial charge on any atom is 0.0198 e. The van der Waals surface area contributed by atoms with Crippen LogP contribution in [0.4, 0.5) is 0 Å². The molecule has 2 heteroatoms. The fraction of sp³-hybridized carbons (Fsp3) is 1.00. The van der Waals surface area contributed by atoms with Crippen molar-refractivity contribution in [3.63, 3.8) is 0 Å². The van der Waals surface area contributed by atoms with Crippen molar-refractivity contribution in [2.75, 3.05) is 13.1 Å². The molecule has 1 aliphatic heterocycles. The van der Waals surface area contributed by atoms with E-state index in [1.54, 1.807) is 0 Å². The molecule has 1 heterocycles. The Morgan fingerprint density at radius 2 is 1.82 bits per heavy atom. The Balaban J connectivity index is 1.88. The van der Waals surface area contributed by atoms with E-state index in [1.165, 1.54) is 25.7 Å². The van der Waals surface area contributed by atoms with E-state index in [4.69, 9.17) is 5.84 Å². The number of hydrogen-bond acceptors (Lipinski definition) is 2. The number of hydrazine groups is 1. The zero-order valence-electron chi connectivity index (χ0n) is 7.34. The van der Waals surface area contributed by atoms with E-state index in [2.05, 4.69) is 6.92 Å². The van der Waals surface area contributed by atoms with Crippen molar-refractivity contribution in [2.45, 2.75) is 32.6 Å². The minimum absolute atomic E-state index is 0.654. The highest BCUT2D eigenvalue weighted by molar-refractivity contribution is 4.95. The van der Waals surface area contributed by atoms with Crippen LogP contribution in [0.5, 0.6) is 0 Å². The smallest absolute Gasteiger partial charge is 0.0198 e.